The van der Waals surface area contributed by atoms with Gasteiger partial charge in [0, 0.05) is 35.4 Å². The second-order valence-electron chi connectivity index (χ2n) is 10.7. The van der Waals surface area contributed by atoms with Crippen LogP contribution in [0.3, 0.4) is 0 Å². The number of hydrogen-bond acceptors (Lipinski definition) is 3. The largest absolute Gasteiger partial charge is 0.342 e. The molecule has 0 aromatic heterocycles. The van der Waals surface area contributed by atoms with Gasteiger partial charge in [-0.1, -0.05) is 15.9 Å². The molecular formula is C25H31BrN2O2S. The molecule has 2 saturated heterocycles. The number of benzene rings is 1. The van der Waals surface area contributed by atoms with Gasteiger partial charge in [0.15, 0.2) is 0 Å². The summed E-state index contributed by atoms with van der Waals surface area (Å²) in [6.07, 6.45) is 9.35. The maximum Gasteiger partial charge on any atom is 0.254 e. The molecule has 4 nitrogen and oxygen atoms in total. The Morgan fingerprint density at radius 1 is 0.903 bits per heavy atom. The van der Waals surface area contributed by atoms with E-state index in [0.717, 1.165) is 85.3 Å². The van der Waals surface area contributed by atoms with E-state index in [1.54, 1.807) is 0 Å². The molecule has 2 amide bonds. The molecule has 31 heavy (non-hydrogen) atoms. The quantitative estimate of drug-likeness (QED) is 0.559. The van der Waals surface area contributed by atoms with Crippen LogP contribution in [0, 0.1) is 23.2 Å². The van der Waals surface area contributed by atoms with Crippen molar-refractivity contribution in [2.24, 2.45) is 23.2 Å². The second-order valence-corrected chi connectivity index (χ2v) is 13.1. The Morgan fingerprint density at radius 2 is 1.48 bits per heavy atom. The van der Waals surface area contributed by atoms with Crippen molar-refractivity contribution in [1.82, 2.24) is 9.80 Å². The van der Waals surface area contributed by atoms with Crippen molar-refractivity contribution in [3.8, 4) is 0 Å². The lowest BCUT2D eigenvalue weighted by Gasteiger charge is -2.57. The first kappa shape index (κ1) is 20.6. The Morgan fingerprint density at radius 3 is 2.06 bits per heavy atom. The molecule has 0 radical (unpaired) electrons. The molecule has 4 saturated carbocycles. The van der Waals surface area contributed by atoms with E-state index in [0.29, 0.717) is 5.91 Å². The summed E-state index contributed by atoms with van der Waals surface area (Å²) in [6, 6.07) is 7.70. The van der Waals surface area contributed by atoms with Crippen LogP contribution in [0.2, 0.25) is 0 Å². The first-order valence-electron chi connectivity index (χ1n) is 12.0. The number of hydrogen-bond donors (Lipinski definition) is 0. The highest BCUT2D eigenvalue weighted by atomic mass is 79.9. The third-order valence-electron chi connectivity index (χ3n) is 8.84. The number of piperidine rings is 1. The fourth-order valence-corrected chi connectivity index (χ4v) is 9.54. The fourth-order valence-electron chi connectivity index (χ4n) is 7.82. The summed E-state index contributed by atoms with van der Waals surface area (Å²) >= 11 is 5.39. The molecule has 0 N–H and O–H groups in total. The minimum atomic E-state index is -0.137. The normalized spacial score (nSPS) is 35.7. The van der Waals surface area contributed by atoms with Crippen LogP contribution in [0.4, 0.5) is 0 Å². The summed E-state index contributed by atoms with van der Waals surface area (Å²) in [5.41, 5.74) is 0.715. The number of thioether (sulfide) groups is 1. The van der Waals surface area contributed by atoms with Crippen molar-refractivity contribution in [2.45, 2.75) is 56.2 Å². The van der Waals surface area contributed by atoms with E-state index < -0.39 is 0 Å². The third kappa shape index (κ3) is 3.38. The number of nitrogens with zero attached hydrogens (tertiary/aromatic N) is 2. The first-order valence-corrected chi connectivity index (χ1v) is 13.8. The van der Waals surface area contributed by atoms with E-state index in [2.05, 4.69) is 25.7 Å². The maximum atomic E-state index is 13.8. The van der Waals surface area contributed by atoms with Crippen molar-refractivity contribution in [1.29, 1.82) is 0 Å². The summed E-state index contributed by atoms with van der Waals surface area (Å²) in [6.45, 7) is 2.41. The van der Waals surface area contributed by atoms with Gasteiger partial charge in [-0.15, -0.1) is 11.8 Å². The zero-order valence-corrected chi connectivity index (χ0v) is 20.4. The zero-order valence-electron chi connectivity index (χ0n) is 18.0. The van der Waals surface area contributed by atoms with Crippen molar-refractivity contribution >= 4 is 39.5 Å². The lowest BCUT2D eigenvalue weighted by molar-refractivity contribution is -0.159. The first-order chi connectivity index (χ1) is 15.0. The van der Waals surface area contributed by atoms with Crippen LogP contribution in [0.1, 0.15) is 61.7 Å². The van der Waals surface area contributed by atoms with Crippen LogP contribution >= 0.6 is 27.7 Å². The average molecular weight is 504 g/mol. The second kappa shape index (κ2) is 7.51. The molecule has 4 aliphatic carbocycles. The third-order valence-corrected chi connectivity index (χ3v) is 10.9. The van der Waals surface area contributed by atoms with Gasteiger partial charge in [0.25, 0.3) is 5.91 Å². The fraction of sp³-hybridized carbons (Fsp3) is 0.680. The summed E-state index contributed by atoms with van der Waals surface area (Å²) in [4.78, 5) is 31.2. The number of amides is 2. The molecule has 166 valence electrons. The van der Waals surface area contributed by atoms with Gasteiger partial charge in [-0.2, -0.15) is 0 Å². The molecule has 0 atom stereocenters. The van der Waals surface area contributed by atoms with Gasteiger partial charge >= 0.3 is 0 Å². The number of halogens is 1. The summed E-state index contributed by atoms with van der Waals surface area (Å²) in [5.74, 6) is 3.99. The lowest BCUT2D eigenvalue weighted by atomic mass is 9.49. The molecule has 1 aromatic carbocycles. The molecule has 0 unspecified atom stereocenters. The van der Waals surface area contributed by atoms with E-state index in [9.17, 15) is 9.59 Å². The SMILES string of the molecule is O=C(c1ccc(Br)cc1)N1CCSC12CCN(C(=O)C13CC4CC(CC(C4)C1)C3)CC2. The summed E-state index contributed by atoms with van der Waals surface area (Å²) in [7, 11) is 0. The summed E-state index contributed by atoms with van der Waals surface area (Å²) in [5, 5.41) is 0. The molecule has 7 rings (SSSR count). The average Bonchev–Trinajstić information content (AvgIpc) is 3.16. The van der Waals surface area contributed by atoms with E-state index in [1.165, 1.54) is 19.3 Å². The van der Waals surface area contributed by atoms with Gasteiger partial charge < -0.3 is 9.80 Å². The predicted octanol–water partition coefficient (Wildman–Crippen LogP) is 5.17. The van der Waals surface area contributed by atoms with Crippen LogP contribution in [-0.2, 0) is 4.79 Å². The molecule has 4 bridgehead atoms. The van der Waals surface area contributed by atoms with Gasteiger partial charge in [0.2, 0.25) is 5.91 Å². The Labute approximate surface area is 197 Å². The molecule has 6 fully saturated rings. The van der Waals surface area contributed by atoms with E-state index >= 15 is 0 Å². The molecule has 1 aromatic rings. The lowest BCUT2D eigenvalue weighted by Crippen LogP contribution is -2.58. The number of carbonyl (C=O) groups is 2. The minimum absolute atomic E-state index is 0.0466. The standard InChI is InChI=1S/C25H31BrN2O2S/c26-21-3-1-20(2-4-21)22(29)28-9-10-31-25(28)5-7-27(8-6-25)23(30)24-14-17-11-18(15-24)13-19(12-17)16-24/h1-4,17-19H,5-16H2. The predicted molar refractivity (Wildman–Crippen MR) is 127 cm³/mol. The highest BCUT2D eigenvalue weighted by molar-refractivity contribution is 9.10. The van der Waals surface area contributed by atoms with Crippen molar-refractivity contribution in [2.75, 3.05) is 25.4 Å². The van der Waals surface area contributed by atoms with E-state index in [4.69, 9.17) is 0 Å². The van der Waals surface area contributed by atoms with Gasteiger partial charge in [-0.05, 0) is 93.4 Å². The maximum absolute atomic E-state index is 13.8. The molecule has 6 aliphatic rings. The monoisotopic (exact) mass is 502 g/mol. The Hall–Kier alpha value is -1.01. The molecule has 2 heterocycles. The number of carbonyl (C=O) groups excluding carboxylic acids is 2. The van der Waals surface area contributed by atoms with Gasteiger partial charge in [0.05, 0.1) is 10.3 Å². The Balaban J connectivity index is 1.16. The van der Waals surface area contributed by atoms with Gasteiger partial charge in [-0.25, -0.2) is 0 Å². The number of rotatable bonds is 2. The van der Waals surface area contributed by atoms with Crippen molar-refractivity contribution in [3.05, 3.63) is 34.3 Å². The Kier molecular flexibility index (Phi) is 4.99. The smallest absolute Gasteiger partial charge is 0.254 e. The van der Waals surface area contributed by atoms with Crippen LogP contribution in [0.5, 0.6) is 0 Å². The van der Waals surface area contributed by atoms with Crippen LogP contribution in [0.25, 0.3) is 0 Å². The topological polar surface area (TPSA) is 40.6 Å². The van der Waals surface area contributed by atoms with Crippen LogP contribution < -0.4 is 0 Å². The Bertz CT molecular complexity index is 858. The highest BCUT2D eigenvalue weighted by Gasteiger charge is 2.56. The molecule has 1 spiro atoms. The molecule has 6 heteroatoms. The van der Waals surface area contributed by atoms with Gasteiger partial charge in [-0.3, -0.25) is 9.59 Å². The van der Waals surface area contributed by atoms with Crippen LogP contribution in [0.15, 0.2) is 28.7 Å². The van der Waals surface area contributed by atoms with Crippen LogP contribution in [-0.4, -0.2) is 51.9 Å². The van der Waals surface area contributed by atoms with E-state index in [-0.39, 0.29) is 16.2 Å². The van der Waals surface area contributed by atoms with E-state index in [1.807, 2.05) is 36.0 Å². The van der Waals surface area contributed by atoms with Crippen molar-refractivity contribution < 1.29 is 9.59 Å². The highest BCUT2D eigenvalue weighted by Crippen LogP contribution is 2.61. The molecular weight excluding hydrogens is 472 g/mol. The zero-order chi connectivity index (χ0) is 21.2. The van der Waals surface area contributed by atoms with Crippen molar-refractivity contribution in [3.63, 3.8) is 0 Å². The number of likely N-dealkylation sites (tertiary alicyclic amines) is 1. The molecule has 2 aliphatic heterocycles. The van der Waals surface area contributed by atoms with Gasteiger partial charge in [0.1, 0.15) is 0 Å². The minimum Gasteiger partial charge on any atom is -0.342 e. The summed E-state index contributed by atoms with van der Waals surface area (Å²) < 4.78 is 0.992.